The third-order valence-corrected chi connectivity index (χ3v) is 5.10. The van der Waals surface area contributed by atoms with E-state index in [0.29, 0.717) is 50.3 Å². The van der Waals surface area contributed by atoms with Crippen molar-refractivity contribution in [2.45, 2.75) is 31.0 Å². The van der Waals surface area contributed by atoms with Gasteiger partial charge in [0.1, 0.15) is 0 Å². The molecule has 0 saturated carbocycles. The quantitative estimate of drug-likeness (QED) is 0.843. The molecule has 1 fully saturated rings. The molecule has 1 aliphatic heterocycles. The van der Waals surface area contributed by atoms with Gasteiger partial charge in [0.2, 0.25) is 0 Å². The molecule has 0 spiro atoms. The minimum Gasteiger partial charge on any atom is -0.381 e. The first kappa shape index (κ1) is 19.4. The van der Waals surface area contributed by atoms with Crippen LogP contribution >= 0.6 is 0 Å². The lowest BCUT2D eigenvalue weighted by molar-refractivity contribution is -0.137. The molecule has 3 rings (SSSR count). The van der Waals surface area contributed by atoms with Crippen LogP contribution in [0.1, 0.15) is 35.1 Å². The third-order valence-electron chi connectivity index (χ3n) is 5.10. The summed E-state index contributed by atoms with van der Waals surface area (Å²) in [5.41, 5.74) is 1.24. The van der Waals surface area contributed by atoms with Crippen molar-refractivity contribution < 1.29 is 17.9 Å². The summed E-state index contributed by atoms with van der Waals surface area (Å²) in [5, 5.41) is 12.4. The van der Waals surface area contributed by atoms with E-state index in [1.165, 1.54) is 12.1 Å². The first-order chi connectivity index (χ1) is 12.9. The van der Waals surface area contributed by atoms with Crippen LogP contribution in [0.15, 0.2) is 48.5 Å². The molecule has 3 nitrogen and oxygen atoms in total. The maximum atomic E-state index is 13.1. The summed E-state index contributed by atoms with van der Waals surface area (Å²) in [4.78, 5) is 0. The average molecular weight is 374 g/mol. The highest BCUT2D eigenvalue weighted by Crippen LogP contribution is 2.37. The Morgan fingerprint density at radius 3 is 2.52 bits per heavy atom. The molecule has 0 aliphatic carbocycles. The maximum absolute atomic E-state index is 13.1. The largest absolute Gasteiger partial charge is 0.416 e. The molecule has 6 heteroatoms. The molecule has 0 aromatic heterocycles. The number of alkyl halides is 3. The molecule has 2 aromatic carbocycles. The van der Waals surface area contributed by atoms with Gasteiger partial charge in [-0.25, -0.2) is 0 Å². The van der Waals surface area contributed by atoms with Crippen molar-refractivity contribution in [1.29, 1.82) is 5.26 Å². The highest BCUT2D eigenvalue weighted by atomic mass is 19.4. The minimum absolute atomic E-state index is 0.396. The van der Waals surface area contributed by atoms with Crippen molar-refractivity contribution in [2.24, 2.45) is 0 Å². The Hall–Kier alpha value is -2.36. The third kappa shape index (κ3) is 4.68. The Bertz CT molecular complexity index is 821. The van der Waals surface area contributed by atoms with Gasteiger partial charge in [0.15, 0.2) is 0 Å². The van der Waals surface area contributed by atoms with E-state index < -0.39 is 17.2 Å². The standard InChI is InChI=1S/C21H21F3N2O/c22-21(23,24)19-6-2-5-18(12-19)20(7-9-27-10-8-20)15-26-14-17-4-1-3-16(11-17)13-25/h1-6,11-12,26H,7-10,14-15H2. The summed E-state index contributed by atoms with van der Waals surface area (Å²) in [7, 11) is 0. The van der Waals surface area contributed by atoms with Gasteiger partial charge >= 0.3 is 6.18 Å². The average Bonchev–Trinajstić information content (AvgIpc) is 2.68. The molecule has 1 N–H and O–H groups in total. The molecule has 0 bridgehead atoms. The predicted octanol–water partition coefficient (Wildman–Crippen LogP) is 4.42. The van der Waals surface area contributed by atoms with E-state index in [-0.39, 0.29) is 0 Å². The van der Waals surface area contributed by atoms with E-state index in [2.05, 4.69) is 11.4 Å². The van der Waals surface area contributed by atoms with Gasteiger partial charge in [-0.3, -0.25) is 0 Å². The number of hydrogen-bond donors (Lipinski definition) is 1. The number of ether oxygens (including phenoxy) is 1. The number of hydrogen-bond acceptors (Lipinski definition) is 3. The van der Waals surface area contributed by atoms with Gasteiger partial charge in [-0.15, -0.1) is 0 Å². The van der Waals surface area contributed by atoms with E-state index in [4.69, 9.17) is 10.00 Å². The van der Waals surface area contributed by atoms with Crippen molar-refractivity contribution in [3.8, 4) is 6.07 Å². The number of rotatable bonds is 5. The molecule has 142 valence electrons. The van der Waals surface area contributed by atoms with Gasteiger partial charge < -0.3 is 10.1 Å². The molecule has 27 heavy (non-hydrogen) atoms. The van der Waals surface area contributed by atoms with E-state index in [0.717, 1.165) is 11.6 Å². The number of benzene rings is 2. The number of nitriles is 1. The second-order valence-corrected chi connectivity index (χ2v) is 6.89. The van der Waals surface area contributed by atoms with Crippen LogP contribution in [-0.2, 0) is 22.9 Å². The lowest BCUT2D eigenvalue weighted by atomic mass is 9.73. The summed E-state index contributed by atoms with van der Waals surface area (Å²) in [5.74, 6) is 0. The summed E-state index contributed by atoms with van der Waals surface area (Å²) >= 11 is 0. The van der Waals surface area contributed by atoms with Crippen molar-refractivity contribution in [1.82, 2.24) is 5.32 Å². The lowest BCUT2D eigenvalue weighted by Crippen LogP contribution is -2.42. The topological polar surface area (TPSA) is 45.0 Å². The molecule has 1 heterocycles. The fraction of sp³-hybridized carbons (Fsp3) is 0.381. The molecular formula is C21H21F3N2O. The Balaban J connectivity index is 1.78. The Morgan fingerprint density at radius 1 is 1.07 bits per heavy atom. The Morgan fingerprint density at radius 2 is 1.81 bits per heavy atom. The lowest BCUT2D eigenvalue weighted by Gasteiger charge is -2.38. The highest BCUT2D eigenvalue weighted by molar-refractivity contribution is 5.34. The van der Waals surface area contributed by atoms with Crippen LogP contribution in [0.5, 0.6) is 0 Å². The first-order valence-electron chi connectivity index (χ1n) is 8.88. The second kappa shape index (κ2) is 8.12. The van der Waals surface area contributed by atoms with Gasteiger partial charge in [-0.05, 0) is 42.2 Å². The monoisotopic (exact) mass is 374 g/mol. The molecule has 0 unspecified atom stereocenters. The molecule has 0 radical (unpaired) electrons. The van der Waals surface area contributed by atoms with Gasteiger partial charge in [-0.1, -0.05) is 30.3 Å². The molecule has 1 saturated heterocycles. The zero-order valence-corrected chi connectivity index (χ0v) is 14.9. The van der Waals surface area contributed by atoms with Gasteiger partial charge in [-0.2, -0.15) is 18.4 Å². The Kier molecular flexibility index (Phi) is 5.83. The molecule has 2 aromatic rings. The van der Waals surface area contributed by atoms with E-state index in [9.17, 15) is 13.2 Å². The fourth-order valence-corrected chi connectivity index (χ4v) is 3.55. The Labute approximate surface area is 156 Å². The van der Waals surface area contributed by atoms with Gasteiger partial charge in [0, 0.05) is 31.7 Å². The summed E-state index contributed by atoms with van der Waals surface area (Å²) < 4.78 is 44.9. The first-order valence-corrected chi connectivity index (χ1v) is 8.88. The van der Waals surface area contributed by atoms with Crippen LogP contribution in [-0.4, -0.2) is 19.8 Å². The van der Waals surface area contributed by atoms with E-state index >= 15 is 0 Å². The zero-order valence-electron chi connectivity index (χ0n) is 14.9. The van der Waals surface area contributed by atoms with Crippen LogP contribution in [0.25, 0.3) is 0 Å². The van der Waals surface area contributed by atoms with E-state index in [1.54, 1.807) is 12.1 Å². The minimum atomic E-state index is -4.35. The second-order valence-electron chi connectivity index (χ2n) is 6.89. The predicted molar refractivity (Wildman–Crippen MR) is 96.0 cm³/mol. The van der Waals surface area contributed by atoms with E-state index in [1.807, 2.05) is 18.2 Å². The van der Waals surface area contributed by atoms with Gasteiger partial charge in [0.25, 0.3) is 0 Å². The summed E-state index contributed by atoms with van der Waals surface area (Å²) in [6.45, 7) is 2.16. The van der Waals surface area contributed by atoms with Crippen LogP contribution in [0, 0.1) is 11.3 Å². The van der Waals surface area contributed by atoms with Crippen molar-refractivity contribution in [2.75, 3.05) is 19.8 Å². The maximum Gasteiger partial charge on any atom is 0.416 e. The van der Waals surface area contributed by atoms with Crippen LogP contribution in [0.3, 0.4) is 0 Å². The van der Waals surface area contributed by atoms with Gasteiger partial charge in [0.05, 0.1) is 17.2 Å². The number of halogens is 3. The number of nitrogens with zero attached hydrogens (tertiary/aromatic N) is 1. The molecule has 0 atom stereocenters. The summed E-state index contributed by atoms with van der Waals surface area (Å²) in [6.07, 6.45) is -3.02. The van der Waals surface area contributed by atoms with Crippen LogP contribution < -0.4 is 5.32 Å². The molecular weight excluding hydrogens is 353 g/mol. The SMILES string of the molecule is N#Cc1cccc(CNCC2(c3cccc(C(F)(F)F)c3)CCOCC2)c1. The zero-order chi connectivity index (χ0) is 19.3. The number of nitrogens with one attached hydrogen (secondary N) is 1. The van der Waals surface area contributed by atoms with Crippen molar-refractivity contribution in [3.63, 3.8) is 0 Å². The van der Waals surface area contributed by atoms with Crippen molar-refractivity contribution >= 4 is 0 Å². The molecule has 1 aliphatic rings. The smallest absolute Gasteiger partial charge is 0.381 e. The van der Waals surface area contributed by atoms with Crippen LogP contribution in [0.4, 0.5) is 13.2 Å². The normalized spacial score (nSPS) is 16.7. The van der Waals surface area contributed by atoms with Crippen LogP contribution in [0.2, 0.25) is 0 Å². The fourth-order valence-electron chi connectivity index (χ4n) is 3.55. The van der Waals surface area contributed by atoms with Crippen molar-refractivity contribution in [3.05, 3.63) is 70.8 Å². The molecule has 0 amide bonds. The highest BCUT2D eigenvalue weighted by Gasteiger charge is 2.37. The summed E-state index contributed by atoms with van der Waals surface area (Å²) in [6, 6.07) is 15.0.